The summed E-state index contributed by atoms with van der Waals surface area (Å²) in [6.07, 6.45) is 0.598. The first-order chi connectivity index (χ1) is 8.80. The van der Waals surface area contributed by atoms with Gasteiger partial charge in [-0.05, 0) is 32.5 Å². The molecule has 0 saturated carbocycles. The molecule has 1 rings (SSSR count). The molecule has 112 valence electrons. The Morgan fingerprint density at radius 1 is 1.47 bits per heavy atom. The first kappa shape index (κ1) is 16.4. The standard InChI is InChI=1S/C14H29N3O2/c1-14(2,3)12(6-8-17(4)5)16-13(18)11-10-15-7-9-19-11/h11-12,15H,6-10H2,1-5H3,(H,16,18). The molecule has 2 N–H and O–H groups in total. The Morgan fingerprint density at radius 3 is 2.63 bits per heavy atom. The molecule has 1 heterocycles. The van der Waals surface area contributed by atoms with E-state index in [2.05, 4.69) is 50.4 Å². The van der Waals surface area contributed by atoms with Crippen LogP contribution in [0.1, 0.15) is 27.2 Å². The molecule has 1 fully saturated rings. The summed E-state index contributed by atoms with van der Waals surface area (Å²) >= 11 is 0. The van der Waals surface area contributed by atoms with Gasteiger partial charge in [-0.1, -0.05) is 20.8 Å². The van der Waals surface area contributed by atoms with Crippen LogP contribution >= 0.6 is 0 Å². The Morgan fingerprint density at radius 2 is 2.16 bits per heavy atom. The van der Waals surface area contributed by atoms with Crippen molar-refractivity contribution in [2.24, 2.45) is 5.41 Å². The van der Waals surface area contributed by atoms with Crippen LogP contribution in [0, 0.1) is 5.41 Å². The number of morpholine rings is 1. The minimum absolute atomic E-state index is 0.00545. The molecule has 5 heteroatoms. The van der Waals surface area contributed by atoms with E-state index >= 15 is 0 Å². The predicted molar refractivity (Wildman–Crippen MR) is 77.2 cm³/mol. The van der Waals surface area contributed by atoms with Crippen molar-refractivity contribution in [2.75, 3.05) is 40.3 Å². The summed E-state index contributed by atoms with van der Waals surface area (Å²) in [6.45, 7) is 9.49. The molecule has 1 aliphatic heterocycles. The van der Waals surface area contributed by atoms with Crippen LogP contribution in [0.3, 0.4) is 0 Å². The van der Waals surface area contributed by atoms with Crippen molar-refractivity contribution in [3.63, 3.8) is 0 Å². The Hall–Kier alpha value is -0.650. The minimum Gasteiger partial charge on any atom is -0.366 e. The average molecular weight is 271 g/mol. The molecule has 1 aliphatic rings. The lowest BCUT2D eigenvalue weighted by Gasteiger charge is -2.34. The van der Waals surface area contributed by atoms with Gasteiger partial charge in [-0.2, -0.15) is 0 Å². The molecule has 2 unspecified atom stereocenters. The van der Waals surface area contributed by atoms with E-state index in [9.17, 15) is 4.79 Å². The van der Waals surface area contributed by atoms with Gasteiger partial charge in [0.15, 0.2) is 0 Å². The molecule has 19 heavy (non-hydrogen) atoms. The van der Waals surface area contributed by atoms with Gasteiger partial charge in [0.05, 0.1) is 6.61 Å². The lowest BCUT2D eigenvalue weighted by atomic mass is 9.84. The number of nitrogens with zero attached hydrogens (tertiary/aromatic N) is 1. The Balaban J connectivity index is 2.53. The molecular formula is C14H29N3O2. The summed E-state index contributed by atoms with van der Waals surface area (Å²) in [4.78, 5) is 14.4. The highest BCUT2D eigenvalue weighted by Gasteiger charge is 2.29. The third kappa shape index (κ3) is 5.89. The van der Waals surface area contributed by atoms with Gasteiger partial charge in [0.1, 0.15) is 6.10 Å². The first-order valence-corrected chi connectivity index (χ1v) is 7.08. The zero-order valence-corrected chi connectivity index (χ0v) is 13.0. The number of rotatable bonds is 5. The molecule has 0 radical (unpaired) electrons. The summed E-state index contributed by atoms with van der Waals surface area (Å²) in [6, 6.07) is 0.160. The van der Waals surface area contributed by atoms with Crippen molar-refractivity contribution < 1.29 is 9.53 Å². The highest BCUT2D eigenvalue weighted by molar-refractivity contribution is 5.81. The van der Waals surface area contributed by atoms with E-state index in [1.165, 1.54) is 0 Å². The number of hydrogen-bond acceptors (Lipinski definition) is 4. The van der Waals surface area contributed by atoms with E-state index in [4.69, 9.17) is 4.74 Å². The number of amides is 1. The fourth-order valence-electron chi connectivity index (χ4n) is 2.11. The summed E-state index contributed by atoms with van der Waals surface area (Å²) in [7, 11) is 4.10. The van der Waals surface area contributed by atoms with E-state index in [-0.39, 0.29) is 23.5 Å². The van der Waals surface area contributed by atoms with E-state index in [1.54, 1.807) is 0 Å². The van der Waals surface area contributed by atoms with Gasteiger partial charge in [0, 0.05) is 19.1 Å². The average Bonchev–Trinajstić information content (AvgIpc) is 2.33. The highest BCUT2D eigenvalue weighted by Crippen LogP contribution is 2.22. The SMILES string of the molecule is CN(C)CCC(NC(=O)C1CNCCO1)C(C)(C)C. The van der Waals surface area contributed by atoms with Crippen molar-refractivity contribution in [3.8, 4) is 0 Å². The van der Waals surface area contributed by atoms with Crippen LogP contribution in [0.2, 0.25) is 0 Å². The van der Waals surface area contributed by atoms with Gasteiger partial charge >= 0.3 is 0 Å². The van der Waals surface area contributed by atoms with Gasteiger partial charge in [0.25, 0.3) is 5.91 Å². The number of carbonyl (C=O) groups excluding carboxylic acids is 1. The molecule has 0 aromatic rings. The Kier molecular flexibility index (Phi) is 6.23. The maximum Gasteiger partial charge on any atom is 0.250 e. The van der Waals surface area contributed by atoms with Crippen LogP contribution in [0.25, 0.3) is 0 Å². The molecule has 0 spiro atoms. The van der Waals surface area contributed by atoms with Gasteiger partial charge in [-0.3, -0.25) is 4.79 Å². The van der Waals surface area contributed by atoms with Crippen molar-refractivity contribution in [1.29, 1.82) is 0 Å². The molecule has 2 atom stereocenters. The summed E-state index contributed by atoms with van der Waals surface area (Å²) < 4.78 is 5.49. The lowest BCUT2D eigenvalue weighted by Crippen LogP contribution is -2.53. The largest absolute Gasteiger partial charge is 0.366 e. The lowest BCUT2D eigenvalue weighted by molar-refractivity contribution is -0.135. The fourth-order valence-corrected chi connectivity index (χ4v) is 2.11. The number of carbonyl (C=O) groups is 1. The molecule has 0 aliphatic carbocycles. The summed E-state index contributed by atoms with van der Waals surface area (Å²) in [5.41, 5.74) is 0.0494. The number of hydrogen-bond donors (Lipinski definition) is 2. The highest BCUT2D eigenvalue weighted by atomic mass is 16.5. The Bertz CT molecular complexity index is 281. The second kappa shape index (κ2) is 7.22. The summed E-state index contributed by atoms with van der Waals surface area (Å²) in [5, 5.41) is 6.34. The van der Waals surface area contributed by atoms with Crippen LogP contribution in [-0.4, -0.2) is 63.3 Å². The van der Waals surface area contributed by atoms with Crippen LogP contribution in [-0.2, 0) is 9.53 Å². The van der Waals surface area contributed by atoms with Crippen LogP contribution in [0.4, 0.5) is 0 Å². The van der Waals surface area contributed by atoms with E-state index in [0.717, 1.165) is 19.5 Å². The topological polar surface area (TPSA) is 53.6 Å². The zero-order chi connectivity index (χ0) is 14.5. The third-order valence-corrected chi connectivity index (χ3v) is 3.45. The smallest absolute Gasteiger partial charge is 0.250 e. The molecule has 0 aromatic heterocycles. The Labute approximate surface area is 117 Å². The van der Waals surface area contributed by atoms with Crippen molar-refractivity contribution in [2.45, 2.75) is 39.3 Å². The maximum absolute atomic E-state index is 12.2. The predicted octanol–water partition coefficient (Wildman–Crippen LogP) is 0.457. The van der Waals surface area contributed by atoms with E-state index in [1.807, 2.05) is 0 Å². The summed E-state index contributed by atoms with van der Waals surface area (Å²) in [5.74, 6) is 0.00545. The minimum atomic E-state index is -0.349. The van der Waals surface area contributed by atoms with Crippen LogP contribution < -0.4 is 10.6 Å². The van der Waals surface area contributed by atoms with Crippen molar-refractivity contribution >= 4 is 5.91 Å². The molecule has 0 aromatic carbocycles. The fraction of sp³-hybridized carbons (Fsp3) is 0.929. The second-order valence-electron chi connectivity index (χ2n) is 6.58. The third-order valence-electron chi connectivity index (χ3n) is 3.45. The van der Waals surface area contributed by atoms with E-state index < -0.39 is 0 Å². The molecule has 5 nitrogen and oxygen atoms in total. The van der Waals surface area contributed by atoms with Gasteiger partial charge in [-0.25, -0.2) is 0 Å². The van der Waals surface area contributed by atoms with Crippen LogP contribution in [0.15, 0.2) is 0 Å². The second-order valence-corrected chi connectivity index (χ2v) is 6.58. The quantitative estimate of drug-likeness (QED) is 0.763. The number of ether oxygens (including phenoxy) is 1. The van der Waals surface area contributed by atoms with Gasteiger partial charge in [-0.15, -0.1) is 0 Å². The number of nitrogens with one attached hydrogen (secondary N) is 2. The monoisotopic (exact) mass is 271 g/mol. The zero-order valence-electron chi connectivity index (χ0n) is 13.0. The normalized spacial score (nSPS) is 22.3. The van der Waals surface area contributed by atoms with Gasteiger partial charge in [0.2, 0.25) is 0 Å². The first-order valence-electron chi connectivity index (χ1n) is 7.08. The van der Waals surface area contributed by atoms with Gasteiger partial charge < -0.3 is 20.3 Å². The van der Waals surface area contributed by atoms with E-state index in [0.29, 0.717) is 13.2 Å². The maximum atomic E-state index is 12.2. The molecular weight excluding hydrogens is 242 g/mol. The molecule has 1 saturated heterocycles. The van der Waals surface area contributed by atoms with Crippen LogP contribution in [0.5, 0.6) is 0 Å². The molecule has 1 amide bonds. The molecule has 0 bridgehead atoms. The van der Waals surface area contributed by atoms with Crippen molar-refractivity contribution in [1.82, 2.24) is 15.5 Å². The van der Waals surface area contributed by atoms with Crippen molar-refractivity contribution in [3.05, 3.63) is 0 Å².